The lowest BCUT2D eigenvalue weighted by atomic mass is 10.2. The predicted octanol–water partition coefficient (Wildman–Crippen LogP) is 3.87. The molecule has 0 aliphatic carbocycles. The highest BCUT2D eigenvalue weighted by atomic mass is 16.6. The molecule has 0 saturated heterocycles. The minimum Gasteiger partial charge on any atom is -0.461 e. The quantitative estimate of drug-likeness (QED) is 0.783. The van der Waals surface area contributed by atoms with E-state index in [4.69, 9.17) is 9.47 Å². The van der Waals surface area contributed by atoms with Crippen LogP contribution in [0.1, 0.15) is 77.0 Å². The van der Waals surface area contributed by atoms with Crippen molar-refractivity contribution in [2.75, 3.05) is 13.2 Å². The van der Waals surface area contributed by atoms with Crippen LogP contribution in [-0.2, 0) is 9.47 Å². The number of nitrogens with one attached hydrogen (secondary N) is 1. The van der Waals surface area contributed by atoms with Crippen molar-refractivity contribution in [3.63, 3.8) is 0 Å². The number of hydrogen-bond donors (Lipinski definition) is 1. The minimum absolute atomic E-state index is 0.157. The Morgan fingerprint density at radius 2 is 1.88 bits per heavy atom. The average molecular weight is 355 g/mol. The molecule has 7 nitrogen and oxygen atoms in total. The van der Waals surface area contributed by atoms with Crippen molar-refractivity contribution >= 4 is 12.1 Å². The van der Waals surface area contributed by atoms with Crippen molar-refractivity contribution in [2.24, 2.45) is 0 Å². The molecule has 0 radical (unpaired) electrons. The minimum atomic E-state index is -0.551. The van der Waals surface area contributed by atoms with E-state index in [-0.39, 0.29) is 6.04 Å². The first-order chi connectivity index (χ1) is 11.7. The molecule has 1 aromatic heterocycles. The molecular weight excluding hydrogens is 322 g/mol. The molecule has 1 N–H and O–H groups in total. The maximum atomic E-state index is 12.1. The van der Waals surface area contributed by atoms with Crippen molar-refractivity contribution in [3.05, 3.63) is 17.5 Å². The summed E-state index contributed by atoms with van der Waals surface area (Å²) in [6.45, 7) is 15.6. The normalized spacial score (nSPS) is 11.8. The van der Waals surface area contributed by atoms with Crippen molar-refractivity contribution < 1.29 is 19.1 Å². The Morgan fingerprint density at radius 1 is 1.28 bits per heavy atom. The topological polar surface area (TPSA) is 82.5 Å². The van der Waals surface area contributed by atoms with Gasteiger partial charge >= 0.3 is 12.1 Å². The summed E-state index contributed by atoms with van der Waals surface area (Å²) in [7, 11) is 0. The Balaban J connectivity index is 0.00000277. The van der Waals surface area contributed by atoms with Crippen LogP contribution in [0.4, 0.5) is 4.79 Å². The number of carbonyl (C=O) groups is 2. The molecule has 0 spiro atoms. The smallest absolute Gasteiger partial charge is 0.407 e. The lowest BCUT2D eigenvalue weighted by Crippen LogP contribution is -2.36. The van der Waals surface area contributed by atoms with Gasteiger partial charge in [0.1, 0.15) is 11.3 Å². The van der Waals surface area contributed by atoms with Crippen LogP contribution in [0.5, 0.6) is 0 Å². The van der Waals surface area contributed by atoms with Crippen molar-refractivity contribution in [1.29, 1.82) is 0 Å². The van der Waals surface area contributed by atoms with Crippen LogP contribution in [0.3, 0.4) is 0 Å². The second-order valence-electron chi connectivity index (χ2n) is 6.29. The van der Waals surface area contributed by atoms with Gasteiger partial charge in [-0.3, -0.25) is 4.68 Å². The van der Waals surface area contributed by atoms with Crippen LogP contribution in [0.15, 0.2) is 6.20 Å². The molecule has 0 aliphatic heterocycles. The summed E-state index contributed by atoms with van der Waals surface area (Å²) in [5.74, 6) is -0.404. The van der Waals surface area contributed by atoms with Crippen LogP contribution in [0.2, 0.25) is 0 Å². The molecule has 0 bridgehead atoms. The molecule has 1 heterocycles. The molecule has 1 unspecified atom stereocenters. The van der Waals surface area contributed by atoms with Crippen LogP contribution < -0.4 is 5.32 Å². The maximum Gasteiger partial charge on any atom is 0.407 e. The Kier molecular flexibility index (Phi) is 9.86. The van der Waals surface area contributed by atoms with Gasteiger partial charge in [0.15, 0.2) is 0 Å². The van der Waals surface area contributed by atoms with Gasteiger partial charge in [0, 0.05) is 12.1 Å². The van der Waals surface area contributed by atoms with Crippen LogP contribution in [0, 0.1) is 6.92 Å². The lowest BCUT2D eigenvalue weighted by molar-refractivity contribution is 0.0505. The second-order valence-corrected chi connectivity index (χ2v) is 6.29. The van der Waals surface area contributed by atoms with Gasteiger partial charge in [0.25, 0.3) is 0 Å². The molecule has 0 fully saturated rings. The number of ether oxygens (including phenoxy) is 2. The van der Waals surface area contributed by atoms with E-state index in [0.717, 1.165) is 5.56 Å². The summed E-state index contributed by atoms with van der Waals surface area (Å²) in [5, 5.41) is 6.99. The number of amides is 1. The molecule has 25 heavy (non-hydrogen) atoms. The highest BCUT2D eigenvalue weighted by molar-refractivity contribution is 5.89. The Bertz CT molecular complexity index is 547. The second kappa shape index (κ2) is 10.7. The van der Waals surface area contributed by atoms with Crippen molar-refractivity contribution in [3.8, 4) is 0 Å². The van der Waals surface area contributed by atoms with Gasteiger partial charge < -0.3 is 14.8 Å². The number of alkyl carbamates (subject to hydrolysis) is 1. The van der Waals surface area contributed by atoms with E-state index in [9.17, 15) is 9.59 Å². The molecule has 7 heteroatoms. The third-order valence-corrected chi connectivity index (χ3v) is 3.15. The zero-order valence-corrected chi connectivity index (χ0v) is 16.8. The van der Waals surface area contributed by atoms with Crippen molar-refractivity contribution in [1.82, 2.24) is 15.1 Å². The SMILES string of the molecule is CC.CCOC(=O)c1c(C)cnn1C(CC)CNC(=O)OC(C)(C)C. The Labute approximate surface area is 151 Å². The zero-order valence-electron chi connectivity index (χ0n) is 16.8. The van der Waals surface area contributed by atoms with Gasteiger partial charge in [-0.15, -0.1) is 0 Å². The lowest BCUT2D eigenvalue weighted by Gasteiger charge is -2.22. The standard InChI is InChI=1S/C16H27N3O4.C2H6/c1-7-12(10-17-15(21)23-16(4,5)6)19-13(11(3)9-18-19)14(20)22-8-2;1-2/h9,12H,7-8,10H2,1-6H3,(H,17,21);1-2H3. The van der Waals surface area contributed by atoms with E-state index in [1.807, 2.05) is 27.7 Å². The fourth-order valence-corrected chi connectivity index (χ4v) is 2.10. The third kappa shape index (κ3) is 7.58. The first-order valence-electron chi connectivity index (χ1n) is 8.87. The van der Waals surface area contributed by atoms with Crippen LogP contribution in [-0.4, -0.2) is 40.6 Å². The Hall–Kier alpha value is -2.05. The van der Waals surface area contributed by atoms with Gasteiger partial charge in [-0.2, -0.15) is 5.10 Å². The molecule has 144 valence electrons. The summed E-state index contributed by atoms with van der Waals surface area (Å²) >= 11 is 0. The van der Waals surface area contributed by atoms with Crippen molar-refractivity contribution in [2.45, 2.75) is 73.5 Å². The largest absolute Gasteiger partial charge is 0.461 e. The fraction of sp³-hybridized carbons (Fsp3) is 0.722. The maximum absolute atomic E-state index is 12.1. The highest BCUT2D eigenvalue weighted by Crippen LogP contribution is 2.17. The first kappa shape index (κ1) is 22.9. The van der Waals surface area contributed by atoms with Crippen LogP contribution >= 0.6 is 0 Å². The molecule has 0 aliphatic rings. The van der Waals surface area contributed by atoms with E-state index < -0.39 is 17.7 Å². The summed E-state index contributed by atoms with van der Waals surface area (Å²) in [6.07, 6.45) is 1.84. The molecular formula is C18H33N3O4. The van der Waals surface area contributed by atoms with E-state index in [0.29, 0.717) is 25.3 Å². The molecule has 1 atom stereocenters. The number of aromatic nitrogens is 2. The summed E-state index contributed by atoms with van der Waals surface area (Å²) in [6, 6.07) is -0.157. The first-order valence-corrected chi connectivity index (χ1v) is 8.87. The fourth-order valence-electron chi connectivity index (χ4n) is 2.10. The number of rotatable bonds is 6. The molecule has 1 aromatic rings. The number of carbonyl (C=O) groups excluding carboxylic acids is 2. The van der Waals surface area contributed by atoms with E-state index >= 15 is 0 Å². The summed E-state index contributed by atoms with van der Waals surface area (Å²) < 4.78 is 11.9. The van der Waals surface area contributed by atoms with Gasteiger partial charge in [-0.25, -0.2) is 9.59 Å². The van der Waals surface area contributed by atoms with E-state index in [1.54, 1.807) is 38.6 Å². The number of nitrogens with zero attached hydrogens (tertiary/aromatic N) is 2. The Morgan fingerprint density at radius 3 is 2.36 bits per heavy atom. The van der Waals surface area contributed by atoms with Gasteiger partial charge in [0.2, 0.25) is 0 Å². The van der Waals surface area contributed by atoms with Gasteiger partial charge in [0.05, 0.1) is 18.8 Å². The van der Waals surface area contributed by atoms with Gasteiger partial charge in [-0.05, 0) is 41.0 Å². The van der Waals surface area contributed by atoms with Gasteiger partial charge in [-0.1, -0.05) is 20.8 Å². The van der Waals surface area contributed by atoms with E-state index in [2.05, 4.69) is 10.4 Å². The molecule has 0 saturated carbocycles. The summed E-state index contributed by atoms with van der Waals surface area (Å²) in [5.41, 5.74) is 0.619. The predicted molar refractivity (Wildman–Crippen MR) is 97.8 cm³/mol. The molecule has 1 rings (SSSR count). The highest BCUT2D eigenvalue weighted by Gasteiger charge is 2.23. The average Bonchev–Trinajstić information content (AvgIpc) is 2.90. The number of esters is 1. The number of hydrogen-bond acceptors (Lipinski definition) is 5. The van der Waals surface area contributed by atoms with E-state index in [1.165, 1.54) is 0 Å². The summed E-state index contributed by atoms with van der Waals surface area (Å²) in [4.78, 5) is 23.9. The number of aryl methyl sites for hydroxylation is 1. The molecule has 0 aromatic carbocycles. The monoisotopic (exact) mass is 355 g/mol. The zero-order chi connectivity index (χ0) is 19.6. The molecule has 1 amide bonds. The third-order valence-electron chi connectivity index (χ3n) is 3.15. The van der Waals surface area contributed by atoms with Crippen LogP contribution in [0.25, 0.3) is 0 Å².